The van der Waals surface area contributed by atoms with E-state index < -0.39 is 18.2 Å². The van der Waals surface area contributed by atoms with E-state index in [1.54, 1.807) is 18.3 Å². The van der Waals surface area contributed by atoms with Crippen LogP contribution in [0.3, 0.4) is 0 Å². The van der Waals surface area contributed by atoms with Crippen LogP contribution < -0.4 is 0 Å². The second-order valence-corrected chi connectivity index (χ2v) is 5.81. The summed E-state index contributed by atoms with van der Waals surface area (Å²) in [6.07, 6.45) is -2.09. The highest BCUT2D eigenvalue weighted by Crippen LogP contribution is 2.34. The van der Waals surface area contributed by atoms with Gasteiger partial charge in [-0.2, -0.15) is 13.2 Å². The van der Waals surface area contributed by atoms with E-state index >= 15 is 0 Å². The fourth-order valence-electron chi connectivity index (χ4n) is 2.52. The van der Waals surface area contributed by atoms with E-state index in [1.165, 1.54) is 0 Å². The predicted octanol–water partition coefficient (Wildman–Crippen LogP) is 3.48. The van der Waals surface area contributed by atoms with Gasteiger partial charge in [-0.05, 0) is 40.9 Å². The molecule has 22 heavy (non-hydrogen) atoms. The van der Waals surface area contributed by atoms with Crippen LogP contribution in [0, 0.1) is 0 Å². The van der Waals surface area contributed by atoms with E-state index in [4.69, 9.17) is 0 Å². The van der Waals surface area contributed by atoms with Crippen molar-refractivity contribution in [2.24, 2.45) is 0 Å². The lowest BCUT2D eigenvalue weighted by Gasteiger charge is -2.22. The zero-order valence-electron chi connectivity index (χ0n) is 11.2. The van der Waals surface area contributed by atoms with Gasteiger partial charge in [-0.3, -0.25) is 0 Å². The maximum Gasteiger partial charge on any atom is 0.492 e. The van der Waals surface area contributed by atoms with Crippen LogP contribution >= 0.6 is 15.9 Å². The first-order chi connectivity index (χ1) is 10.3. The van der Waals surface area contributed by atoms with E-state index in [0.29, 0.717) is 23.1 Å². The summed E-state index contributed by atoms with van der Waals surface area (Å²) in [6, 6.07) is 3.16. The summed E-state index contributed by atoms with van der Waals surface area (Å²) in [4.78, 5) is 22.7. The minimum atomic E-state index is -5.00. The van der Waals surface area contributed by atoms with Crippen LogP contribution in [-0.2, 0) is 9.63 Å². The Morgan fingerprint density at radius 1 is 1.45 bits per heavy atom. The SMILES string of the molecule is O=C(ON1CCCC1c1cc2cnc(Br)cc2[nH]1)C(F)(F)F. The highest BCUT2D eigenvalue weighted by atomic mass is 79.9. The zero-order chi connectivity index (χ0) is 15.9. The summed E-state index contributed by atoms with van der Waals surface area (Å²) in [6.45, 7) is 0.268. The van der Waals surface area contributed by atoms with Gasteiger partial charge in [-0.1, -0.05) is 0 Å². The molecule has 0 radical (unpaired) electrons. The van der Waals surface area contributed by atoms with Gasteiger partial charge in [-0.15, -0.1) is 5.06 Å². The maximum atomic E-state index is 12.3. The molecule has 2 aromatic rings. The molecule has 0 spiro atoms. The molecule has 1 atom stereocenters. The number of aromatic amines is 1. The number of nitrogens with one attached hydrogen (secondary N) is 1. The molecule has 0 amide bonds. The molecule has 3 rings (SSSR count). The average molecular weight is 378 g/mol. The first-order valence-corrected chi connectivity index (χ1v) is 7.34. The number of rotatable bonds is 2. The number of hydrogen-bond donors (Lipinski definition) is 1. The van der Waals surface area contributed by atoms with Crippen LogP contribution in [0.2, 0.25) is 0 Å². The quantitative estimate of drug-likeness (QED) is 0.814. The standard InChI is InChI=1S/C13H11BrF3N3O2/c14-11-5-8-7(6-18-11)4-9(19-8)10-2-1-3-20(10)22-12(21)13(15,16)17/h4-6,10,19H,1-3H2. The van der Waals surface area contributed by atoms with Crippen LogP contribution in [-0.4, -0.2) is 33.7 Å². The van der Waals surface area contributed by atoms with Crippen LogP contribution in [0.4, 0.5) is 13.2 Å². The Kier molecular flexibility index (Phi) is 3.85. The molecule has 118 valence electrons. The largest absolute Gasteiger partial charge is 0.492 e. The van der Waals surface area contributed by atoms with E-state index in [0.717, 1.165) is 16.0 Å². The number of H-pyrrole nitrogens is 1. The molecule has 1 aliphatic heterocycles. The number of carbonyl (C=O) groups excluding carboxylic acids is 1. The van der Waals surface area contributed by atoms with E-state index in [9.17, 15) is 18.0 Å². The Bertz CT molecular complexity index is 716. The van der Waals surface area contributed by atoms with Crippen molar-refractivity contribution in [1.29, 1.82) is 0 Å². The van der Waals surface area contributed by atoms with Crippen molar-refractivity contribution in [3.8, 4) is 0 Å². The number of alkyl halides is 3. The van der Waals surface area contributed by atoms with Crippen molar-refractivity contribution >= 4 is 32.8 Å². The third-order valence-electron chi connectivity index (χ3n) is 3.49. The fraction of sp³-hybridized carbons (Fsp3) is 0.385. The summed E-state index contributed by atoms with van der Waals surface area (Å²) in [7, 11) is 0. The number of carbonyl (C=O) groups is 1. The van der Waals surface area contributed by atoms with Gasteiger partial charge in [0.05, 0.1) is 6.04 Å². The molecule has 0 aromatic carbocycles. The van der Waals surface area contributed by atoms with Gasteiger partial charge in [0.15, 0.2) is 0 Å². The molecular weight excluding hydrogens is 367 g/mol. The Balaban J connectivity index is 1.84. The highest BCUT2D eigenvalue weighted by Gasteiger charge is 2.44. The van der Waals surface area contributed by atoms with Gasteiger partial charge >= 0.3 is 12.1 Å². The van der Waals surface area contributed by atoms with Crippen molar-refractivity contribution in [2.75, 3.05) is 6.54 Å². The molecule has 0 aliphatic carbocycles. The third kappa shape index (κ3) is 2.95. The van der Waals surface area contributed by atoms with Crippen LogP contribution in [0.1, 0.15) is 24.6 Å². The fourth-order valence-corrected chi connectivity index (χ4v) is 2.85. The Labute approximate surface area is 131 Å². The maximum absolute atomic E-state index is 12.3. The minimum absolute atomic E-state index is 0.268. The molecule has 2 aromatic heterocycles. The van der Waals surface area contributed by atoms with Gasteiger partial charge in [0, 0.05) is 29.3 Å². The molecule has 3 heterocycles. The molecule has 0 saturated carbocycles. The van der Waals surface area contributed by atoms with Crippen LogP contribution in [0.5, 0.6) is 0 Å². The second-order valence-electron chi connectivity index (χ2n) is 4.99. The number of nitrogens with zero attached hydrogens (tertiary/aromatic N) is 2. The van der Waals surface area contributed by atoms with E-state index in [-0.39, 0.29) is 6.54 Å². The number of hydroxylamine groups is 2. The Morgan fingerprint density at radius 2 is 2.23 bits per heavy atom. The number of fused-ring (bicyclic) bond motifs is 1. The van der Waals surface area contributed by atoms with Gasteiger partial charge in [0.2, 0.25) is 0 Å². The normalized spacial score (nSPS) is 19.7. The van der Waals surface area contributed by atoms with Crippen molar-refractivity contribution in [3.05, 3.63) is 28.6 Å². The predicted molar refractivity (Wildman–Crippen MR) is 74.6 cm³/mol. The molecule has 1 saturated heterocycles. The summed E-state index contributed by atoms with van der Waals surface area (Å²) in [5, 5.41) is 1.93. The summed E-state index contributed by atoms with van der Waals surface area (Å²) >= 11 is 3.26. The molecule has 1 N–H and O–H groups in total. The lowest BCUT2D eigenvalue weighted by atomic mass is 10.1. The number of hydrogen-bond acceptors (Lipinski definition) is 4. The third-order valence-corrected chi connectivity index (χ3v) is 3.92. The monoisotopic (exact) mass is 377 g/mol. The van der Waals surface area contributed by atoms with Crippen molar-refractivity contribution < 1.29 is 22.8 Å². The van der Waals surface area contributed by atoms with Crippen molar-refractivity contribution in [3.63, 3.8) is 0 Å². The van der Waals surface area contributed by atoms with Crippen LogP contribution in [0.25, 0.3) is 10.9 Å². The first-order valence-electron chi connectivity index (χ1n) is 6.54. The van der Waals surface area contributed by atoms with E-state index in [2.05, 4.69) is 30.7 Å². The molecule has 5 nitrogen and oxygen atoms in total. The summed E-state index contributed by atoms with van der Waals surface area (Å²) in [5.74, 6) is -2.19. The molecule has 9 heteroatoms. The van der Waals surface area contributed by atoms with Crippen LogP contribution in [0.15, 0.2) is 22.9 Å². The van der Waals surface area contributed by atoms with Gasteiger partial charge in [-0.25, -0.2) is 9.78 Å². The number of aromatic nitrogens is 2. The smallest absolute Gasteiger partial charge is 0.360 e. The summed E-state index contributed by atoms with van der Waals surface area (Å²) < 4.78 is 37.6. The number of pyridine rings is 1. The average Bonchev–Trinajstić information content (AvgIpc) is 3.02. The minimum Gasteiger partial charge on any atom is -0.360 e. The lowest BCUT2D eigenvalue weighted by molar-refractivity contribution is -0.242. The summed E-state index contributed by atoms with van der Waals surface area (Å²) in [5.41, 5.74) is 1.51. The molecule has 1 aliphatic rings. The molecule has 1 unspecified atom stereocenters. The molecule has 0 bridgehead atoms. The second kappa shape index (κ2) is 5.54. The molecular formula is C13H11BrF3N3O2. The first kappa shape index (κ1) is 15.3. The number of halogens is 4. The lowest BCUT2D eigenvalue weighted by Crippen LogP contribution is -2.34. The van der Waals surface area contributed by atoms with Gasteiger partial charge < -0.3 is 9.82 Å². The Morgan fingerprint density at radius 3 is 2.95 bits per heavy atom. The van der Waals surface area contributed by atoms with Gasteiger partial charge in [0.1, 0.15) is 4.60 Å². The van der Waals surface area contributed by atoms with E-state index in [1.807, 2.05) is 0 Å². The molecule has 1 fully saturated rings. The highest BCUT2D eigenvalue weighted by molar-refractivity contribution is 9.10. The van der Waals surface area contributed by atoms with Gasteiger partial charge in [0.25, 0.3) is 0 Å². The topological polar surface area (TPSA) is 58.2 Å². The van der Waals surface area contributed by atoms with Crippen molar-refractivity contribution in [2.45, 2.75) is 25.1 Å². The van der Waals surface area contributed by atoms with Crippen molar-refractivity contribution in [1.82, 2.24) is 15.0 Å². The Hall–Kier alpha value is -1.61. The zero-order valence-corrected chi connectivity index (χ0v) is 12.7.